The molecule has 0 radical (unpaired) electrons. The van der Waals surface area contributed by atoms with Crippen molar-refractivity contribution in [2.24, 2.45) is 28.9 Å². The van der Waals surface area contributed by atoms with Crippen molar-refractivity contribution >= 4 is 35.5 Å². The minimum atomic E-state index is -3.41. The Labute approximate surface area is 187 Å². The van der Waals surface area contributed by atoms with Crippen LogP contribution in [0.1, 0.15) is 53.9 Å². The smallest absolute Gasteiger partial charge is 0.404 e. The van der Waals surface area contributed by atoms with E-state index in [-0.39, 0.29) is 42.0 Å². The van der Waals surface area contributed by atoms with Crippen molar-refractivity contribution in [3.05, 3.63) is 0 Å². The molecule has 30 heavy (non-hydrogen) atoms. The Kier molecular flexibility index (Phi) is 7.64. The third-order valence-electron chi connectivity index (χ3n) is 7.25. The predicted octanol–water partition coefficient (Wildman–Crippen LogP) is 1.08. The summed E-state index contributed by atoms with van der Waals surface area (Å²) in [7, 11) is -3.94. The van der Waals surface area contributed by atoms with Crippen LogP contribution in [0.5, 0.6) is 0 Å². The minimum Gasteiger partial charge on any atom is -0.404 e. The van der Waals surface area contributed by atoms with Crippen LogP contribution in [0.3, 0.4) is 0 Å². The Bertz CT molecular complexity index is 752. The molecule has 4 N–H and O–H groups in total. The number of halogens is 1. The van der Waals surface area contributed by atoms with Crippen molar-refractivity contribution < 1.29 is 22.5 Å². The number of nitrogens with two attached hydrogens (primary N) is 1. The number of hydrogen-bond acceptors (Lipinski definition) is 6. The first kappa shape index (κ1) is 25.9. The van der Waals surface area contributed by atoms with Crippen LogP contribution >= 0.6 is 12.4 Å². The highest BCUT2D eigenvalue weighted by atomic mass is 35.5. The molecule has 0 unspecified atom stereocenters. The molecule has 1 saturated heterocycles. The molecular formula is C19H37BClN3O5S. The zero-order valence-electron chi connectivity index (χ0n) is 18.8. The molecule has 0 aromatic heterocycles. The summed E-state index contributed by atoms with van der Waals surface area (Å²) in [4.78, 5) is 12.6. The lowest BCUT2D eigenvalue weighted by atomic mass is 9.43. The van der Waals surface area contributed by atoms with Gasteiger partial charge in [0.05, 0.1) is 29.9 Å². The third-order valence-corrected chi connectivity index (χ3v) is 7.94. The van der Waals surface area contributed by atoms with Gasteiger partial charge in [0, 0.05) is 6.54 Å². The van der Waals surface area contributed by atoms with Gasteiger partial charge in [-0.1, -0.05) is 27.7 Å². The quantitative estimate of drug-likeness (QED) is 0.461. The van der Waals surface area contributed by atoms with E-state index in [4.69, 9.17) is 15.0 Å². The van der Waals surface area contributed by atoms with Gasteiger partial charge < -0.3 is 20.4 Å². The summed E-state index contributed by atoms with van der Waals surface area (Å²) in [6.45, 7) is 10.8. The number of nitrogens with one attached hydrogen (secondary N) is 2. The first-order chi connectivity index (χ1) is 13.2. The van der Waals surface area contributed by atoms with Crippen LogP contribution in [-0.2, 0) is 24.1 Å². The van der Waals surface area contributed by atoms with Gasteiger partial charge in [0.1, 0.15) is 0 Å². The van der Waals surface area contributed by atoms with Crippen molar-refractivity contribution in [1.29, 1.82) is 0 Å². The van der Waals surface area contributed by atoms with Crippen molar-refractivity contribution in [2.45, 2.75) is 77.6 Å². The Morgan fingerprint density at radius 2 is 1.90 bits per heavy atom. The summed E-state index contributed by atoms with van der Waals surface area (Å²) in [5.41, 5.74) is 5.79. The molecule has 0 aromatic carbocycles. The molecule has 11 heteroatoms. The number of carbonyl (C=O) groups excluding carboxylic acids is 1. The van der Waals surface area contributed by atoms with E-state index >= 15 is 0 Å². The van der Waals surface area contributed by atoms with Gasteiger partial charge >= 0.3 is 7.12 Å². The average molecular weight is 466 g/mol. The van der Waals surface area contributed by atoms with Gasteiger partial charge in [-0.25, -0.2) is 13.1 Å². The molecule has 0 spiro atoms. The number of hydrogen-bond donors (Lipinski definition) is 3. The van der Waals surface area contributed by atoms with Crippen LogP contribution in [0.4, 0.5) is 0 Å². The van der Waals surface area contributed by atoms with E-state index < -0.39 is 29.1 Å². The molecule has 4 fully saturated rings. The van der Waals surface area contributed by atoms with Gasteiger partial charge in [0.15, 0.2) is 0 Å². The second-order valence-electron chi connectivity index (χ2n) is 10.3. The SMILES string of the molecule is CC(C)C[C@H](NC(=O)[C@@H](N)CNS(C)(=O)=O)B1O[C@@H]2C[C@@H]3C[C@@H](C3(C)C)[C@]2(C)O1.Cl. The van der Waals surface area contributed by atoms with E-state index in [2.05, 4.69) is 44.7 Å². The molecule has 4 rings (SSSR count). The molecule has 4 aliphatic rings. The van der Waals surface area contributed by atoms with Gasteiger partial charge in [-0.3, -0.25) is 4.79 Å². The van der Waals surface area contributed by atoms with Crippen LogP contribution in [0, 0.1) is 23.2 Å². The lowest BCUT2D eigenvalue weighted by molar-refractivity contribution is -0.199. The van der Waals surface area contributed by atoms with Crippen LogP contribution in [0.25, 0.3) is 0 Å². The fraction of sp³-hybridized carbons (Fsp3) is 0.947. The number of rotatable bonds is 8. The molecule has 8 nitrogen and oxygen atoms in total. The number of carbonyl (C=O) groups is 1. The summed E-state index contributed by atoms with van der Waals surface area (Å²) >= 11 is 0. The largest absolute Gasteiger partial charge is 0.481 e. The van der Waals surface area contributed by atoms with Crippen molar-refractivity contribution in [3.8, 4) is 0 Å². The fourth-order valence-electron chi connectivity index (χ4n) is 5.44. The summed E-state index contributed by atoms with van der Waals surface area (Å²) < 4.78 is 37.6. The molecule has 1 aliphatic heterocycles. The molecule has 2 bridgehead atoms. The Balaban J connectivity index is 0.00000320. The zero-order valence-corrected chi connectivity index (χ0v) is 20.4. The maximum absolute atomic E-state index is 12.6. The summed E-state index contributed by atoms with van der Waals surface area (Å²) in [6, 6.07) is -0.981. The monoisotopic (exact) mass is 465 g/mol. The molecule has 6 atom stereocenters. The predicted molar refractivity (Wildman–Crippen MR) is 120 cm³/mol. The van der Waals surface area contributed by atoms with Crippen molar-refractivity contribution in [2.75, 3.05) is 12.8 Å². The molecule has 3 aliphatic carbocycles. The van der Waals surface area contributed by atoms with Gasteiger partial charge in [-0.15, -0.1) is 12.4 Å². The van der Waals surface area contributed by atoms with Crippen molar-refractivity contribution in [1.82, 2.24) is 10.0 Å². The van der Waals surface area contributed by atoms with Crippen LogP contribution in [0.2, 0.25) is 0 Å². The normalized spacial score (nSPS) is 33.9. The van der Waals surface area contributed by atoms with E-state index in [1.54, 1.807) is 0 Å². The summed E-state index contributed by atoms with van der Waals surface area (Å²) in [5, 5.41) is 2.95. The zero-order chi connectivity index (χ0) is 21.8. The first-order valence-corrected chi connectivity index (χ1v) is 12.5. The van der Waals surface area contributed by atoms with E-state index in [0.29, 0.717) is 24.2 Å². The minimum absolute atomic E-state index is 0. The van der Waals surface area contributed by atoms with Crippen LogP contribution < -0.4 is 15.8 Å². The second-order valence-corrected chi connectivity index (χ2v) is 12.1. The van der Waals surface area contributed by atoms with Gasteiger partial charge in [0.25, 0.3) is 0 Å². The Hall–Kier alpha value is -0.385. The van der Waals surface area contributed by atoms with Crippen LogP contribution in [-0.4, -0.2) is 57.9 Å². The maximum Gasteiger partial charge on any atom is 0.481 e. The second kappa shape index (κ2) is 8.86. The van der Waals surface area contributed by atoms with E-state index in [1.807, 2.05) is 0 Å². The van der Waals surface area contributed by atoms with Crippen molar-refractivity contribution in [3.63, 3.8) is 0 Å². The number of sulfonamides is 1. The van der Waals surface area contributed by atoms with Gasteiger partial charge in [-0.2, -0.15) is 0 Å². The van der Waals surface area contributed by atoms with Crippen LogP contribution in [0.15, 0.2) is 0 Å². The average Bonchev–Trinajstić information content (AvgIpc) is 2.94. The molecular weight excluding hydrogens is 429 g/mol. The first-order valence-electron chi connectivity index (χ1n) is 10.6. The summed E-state index contributed by atoms with van der Waals surface area (Å²) in [6.07, 6.45) is 3.91. The van der Waals surface area contributed by atoms with E-state index in [1.165, 1.54) is 6.42 Å². The van der Waals surface area contributed by atoms with E-state index in [0.717, 1.165) is 12.7 Å². The number of amides is 1. The lowest BCUT2D eigenvalue weighted by Crippen LogP contribution is -2.65. The van der Waals surface area contributed by atoms with Gasteiger partial charge in [0.2, 0.25) is 15.9 Å². The maximum atomic E-state index is 12.6. The fourth-order valence-corrected chi connectivity index (χ4v) is 5.92. The highest BCUT2D eigenvalue weighted by Gasteiger charge is 2.68. The lowest BCUT2D eigenvalue weighted by Gasteiger charge is -2.64. The van der Waals surface area contributed by atoms with E-state index in [9.17, 15) is 13.2 Å². The molecule has 0 aromatic rings. The van der Waals surface area contributed by atoms with Gasteiger partial charge in [-0.05, 0) is 49.4 Å². The Morgan fingerprint density at radius 3 is 2.43 bits per heavy atom. The molecule has 174 valence electrons. The molecule has 1 amide bonds. The highest BCUT2D eigenvalue weighted by Crippen LogP contribution is 2.65. The standard InChI is InChI=1S/C19H36BN3O5S.ClH/c1-11(2)7-16(23-17(24)13(21)10-22-29(6,25)26)20-27-15-9-12-8-14(18(12,3)4)19(15,5)28-20;/h11-16,22H,7-10,21H2,1-6H3,(H,23,24);1H/t12-,13-,14-,15+,16-,19-;/m0./s1. The highest BCUT2D eigenvalue weighted by molar-refractivity contribution is 7.88. The molecule has 3 saturated carbocycles. The topological polar surface area (TPSA) is 120 Å². The molecule has 1 heterocycles. The third kappa shape index (κ3) is 4.99. The summed E-state index contributed by atoms with van der Waals surface area (Å²) in [5.74, 6) is 0.665. The Morgan fingerprint density at radius 1 is 1.27 bits per heavy atom.